The molecule has 0 saturated heterocycles. The molecule has 0 aliphatic carbocycles. The Morgan fingerprint density at radius 3 is 2.11 bits per heavy atom. The van der Waals surface area contributed by atoms with Crippen LogP contribution in [0.4, 0.5) is 13.2 Å². The van der Waals surface area contributed by atoms with Crippen molar-refractivity contribution in [1.82, 2.24) is 4.90 Å². The van der Waals surface area contributed by atoms with E-state index in [1.165, 1.54) is 12.2 Å². The summed E-state index contributed by atoms with van der Waals surface area (Å²) in [7, 11) is 0. The number of hydrogen-bond donors (Lipinski definition) is 0. The summed E-state index contributed by atoms with van der Waals surface area (Å²) in [4.78, 5) is 23.9. The Bertz CT molecular complexity index is 365. The topological polar surface area (TPSA) is 46.6 Å². The monoisotopic (exact) mass is 277 g/mol. The van der Waals surface area contributed by atoms with Crippen molar-refractivity contribution in [3.63, 3.8) is 0 Å². The molecule has 0 aromatic heterocycles. The first kappa shape index (κ1) is 16.9. The lowest BCUT2D eigenvalue weighted by molar-refractivity contribution is -0.158. The third-order valence-corrected chi connectivity index (χ3v) is 1.78. The molecule has 0 saturated carbocycles. The fourth-order valence-electron chi connectivity index (χ4n) is 1.05. The molecular formula is C12H14F3NO3. The van der Waals surface area contributed by atoms with E-state index in [1.807, 2.05) is 0 Å². The Hall–Kier alpha value is -2.05. The normalized spacial score (nSPS) is 11.1. The zero-order valence-electron chi connectivity index (χ0n) is 10.2. The van der Waals surface area contributed by atoms with Crippen LogP contribution >= 0.6 is 0 Å². The average Bonchev–Trinajstić information content (AvgIpc) is 2.32. The minimum Gasteiger partial charge on any atom is -0.454 e. The van der Waals surface area contributed by atoms with E-state index < -0.39 is 24.7 Å². The van der Waals surface area contributed by atoms with Gasteiger partial charge in [0.05, 0.1) is 0 Å². The summed E-state index contributed by atoms with van der Waals surface area (Å²) in [5.74, 6) is -2.18. The molecule has 0 bridgehead atoms. The van der Waals surface area contributed by atoms with Crippen LogP contribution in [0.5, 0.6) is 0 Å². The third kappa shape index (κ3) is 7.80. The molecule has 0 aliphatic rings. The molecule has 0 aromatic carbocycles. The summed E-state index contributed by atoms with van der Waals surface area (Å²) in [5.41, 5.74) is 0. The smallest absolute Gasteiger partial charge is 0.409 e. The van der Waals surface area contributed by atoms with Gasteiger partial charge in [0.15, 0.2) is 0 Å². The molecule has 0 spiro atoms. The maximum atomic E-state index is 11.7. The van der Waals surface area contributed by atoms with Gasteiger partial charge < -0.3 is 9.64 Å². The molecule has 0 aliphatic heterocycles. The number of carbonyl (C=O) groups excluding carboxylic acids is 2. The standard InChI is InChI=1S/C12H14F3NO3/c1-3-7-16(8-4-2)10(17)11(18)19-9-5-6-12(13,14)15/h3-6H,1-2,7-9H2/b6-5+. The summed E-state index contributed by atoms with van der Waals surface area (Å²) < 4.78 is 39.6. The van der Waals surface area contributed by atoms with Crippen molar-refractivity contribution < 1.29 is 27.5 Å². The first-order chi connectivity index (χ1) is 8.81. The molecule has 4 nitrogen and oxygen atoms in total. The van der Waals surface area contributed by atoms with E-state index in [0.717, 1.165) is 4.90 Å². The maximum Gasteiger partial charge on any atom is 0.409 e. The van der Waals surface area contributed by atoms with Gasteiger partial charge in [0.2, 0.25) is 0 Å². The van der Waals surface area contributed by atoms with Crippen molar-refractivity contribution in [2.45, 2.75) is 6.18 Å². The van der Waals surface area contributed by atoms with E-state index in [2.05, 4.69) is 17.9 Å². The van der Waals surface area contributed by atoms with Crippen LogP contribution in [0.3, 0.4) is 0 Å². The fourth-order valence-corrected chi connectivity index (χ4v) is 1.05. The maximum absolute atomic E-state index is 11.7. The van der Waals surface area contributed by atoms with Crippen molar-refractivity contribution in [2.75, 3.05) is 19.7 Å². The van der Waals surface area contributed by atoms with Crippen LogP contribution in [0.1, 0.15) is 0 Å². The number of amides is 1. The SMILES string of the molecule is C=CCN(CC=C)C(=O)C(=O)OC/C=C/C(F)(F)F. The molecule has 0 heterocycles. The average molecular weight is 277 g/mol. The van der Waals surface area contributed by atoms with Gasteiger partial charge in [-0.1, -0.05) is 12.2 Å². The van der Waals surface area contributed by atoms with Gasteiger partial charge in [-0.05, 0) is 6.08 Å². The van der Waals surface area contributed by atoms with Gasteiger partial charge in [0.1, 0.15) is 6.61 Å². The second-order valence-electron chi connectivity index (χ2n) is 3.33. The van der Waals surface area contributed by atoms with Crippen molar-refractivity contribution in [1.29, 1.82) is 0 Å². The van der Waals surface area contributed by atoms with E-state index in [-0.39, 0.29) is 19.2 Å². The predicted molar refractivity (Wildman–Crippen MR) is 63.1 cm³/mol. The number of ether oxygens (including phenoxy) is 1. The van der Waals surface area contributed by atoms with E-state index in [1.54, 1.807) is 0 Å². The number of rotatable bonds is 6. The van der Waals surface area contributed by atoms with Crippen LogP contribution < -0.4 is 0 Å². The lowest BCUT2D eigenvalue weighted by Gasteiger charge is -2.17. The highest BCUT2D eigenvalue weighted by atomic mass is 19.4. The van der Waals surface area contributed by atoms with Gasteiger partial charge in [0, 0.05) is 19.2 Å². The minimum absolute atomic E-state index is 0.0734. The van der Waals surface area contributed by atoms with Crippen LogP contribution in [0.15, 0.2) is 37.5 Å². The fraction of sp³-hybridized carbons (Fsp3) is 0.333. The van der Waals surface area contributed by atoms with Crippen molar-refractivity contribution in [3.8, 4) is 0 Å². The summed E-state index contributed by atoms with van der Waals surface area (Å²) in [6.45, 7) is 6.41. The van der Waals surface area contributed by atoms with Gasteiger partial charge >= 0.3 is 18.1 Å². The third-order valence-electron chi connectivity index (χ3n) is 1.78. The molecule has 0 atom stereocenters. The van der Waals surface area contributed by atoms with Crippen molar-refractivity contribution in [2.24, 2.45) is 0 Å². The van der Waals surface area contributed by atoms with E-state index in [9.17, 15) is 22.8 Å². The Balaban J connectivity index is 4.32. The molecule has 0 unspecified atom stereocenters. The molecule has 7 heteroatoms. The zero-order valence-corrected chi connectivity index (χ0v) is 10.2. The number of alkyl halides is 3. The number of halogens is 3. The molecule has 0 N–H and O–H groups in total. The molecule has 19 heavy (non-hydrogen) atoms. The van der Waals surface area contributed by atoms with Crippen LogP contribution in [0.2, 0.25) is 0 Å². The highest BCUT2D eigenvalue weighted by Crippen LogP contribution is 2.15. The van der Waals surface area contributed by atoms with Crippen molar-refractivity contribution >= 4 is 11.9 Å². The lowest BCUT2D eigenvalue weighted by Crippen LogP contribution is -2.37. The number of nitrogens with zero attached hydrogens (tertiary/aromatic N) is 1. The van der Waals surface area contributed by atoms with Crippen LogP contribution in [-0.4, -0.2) is 42.6 Å². The predicted octanol–water partition coefficient (Wildman–Crippen LogP) is 1.85. The molecule has 0 rings (SSSR count). The van der Waals surface area contributed by atoms with Gasteiger partial charge in [-0.3, -0.25) is 4.79 Å². The van der Waals surface area contributed by atoms with Gasteiger partial charge in [-0.15, -0.1) is 13.2 Å². The van der Waals surface area contributed by atoms with Gasteiger partial charge in [-0.2, -0.15) is 13.2 Å². The zero-order chi connectivity index (χ0) is 14.9. The van der Waals surface area contributed by atoms with Crippen LogP contribution in [-0.2, 0) is 14.3 Å². The van der Waals surface area contributed by atoms with E-state index in [4.69, 9.17) is 0 Å². The van der Waals surface area contributed by atoms with Crippen LogP contribution in [0.25, 0.3) is 0 Å². The Morgan fingerprint density at radius 1 is 1.16 bits per heavy atom. The van der Waals surface area contributed by atoms with E-state index in [0.29, 0.717) is 6.08 Å². The first-order valence-corrected chi connectivity index (χ1v) is 5.24. The van der Waals surface area contributed by atoms with Crippen molar-refractivity contribution in [3.05, 3.63) is 37.5 Å². The Morgan fingerprint density at radius 2 is 1.68 bits per heavy atom. The molecule has 0 aromatic rings. The molecule has 0 fully saturated rings. The lowest BCUT2D eigenvalue weighted by atomic mass is 10.4. The second-order valence-corrected chi connectivity index (χ2v) is 3.33. The molecule has 106 valence electrons. The first-order valence-electron chi connectivity index (χ1n) is 5.24. The molecule has 0 radical (unpaired) electrons. The number of allylic oxidation sites excluding steroid dienone is 1. The highest BCUT2D eigenvalue weighted by molar-refractivity contribution is 6.32. The number of esters is 1. The minimum atomic E-state index is -4.48. The summed E-state index contributed by atoms with van der Waals surface area (Å²) in [5, 5.41) is 0. The summed E-state index contributed by atoms with van der Waals surface area (Å²) in [6, 6.07) is 0. The Kier molecular flexibility index (Phi) is 7.25. The molecular weight excluding hydrogens is 263 g/mol. The van der Waals surface area contributed by atoms with Gasteiger partial charge in [0.25, 0.3) is 0 Å². The van der Waals surface area contributed by atoms with Crippen LogP contribution in [0, 0.1) is 0 Å². The highest BCUT2D eigenvalue weighted by Gasteiger charge is 2.23. The van der Waals surface area contributed by atoms with Gasteiger partial charge in [-0.25, -0.2) is 4.79 Å². The number of hydrogen-bond acceptors (Lipinski definition) is 3. The quantitative estimate of drug-likeness (QED) is 0.423. The molecule has 1 amide bonds. The largest absolute Gasteiger partial charge is 0.454 e. The Labute approximate surface area is 108 Å². The summed E-state index contributed by atoms with van der Waals surface area (Å²) in [6.07, 6.45) is -1.14. The summed E-state index contributed by atoms with van der Waals surface area (Å²) >= 11 is 0. The number of carbonyl (C=O) groups is 2. The van der Waals surface area contributed by atoms with E-state index >= 15 is 0 Å². The second kappa shape index (κ2) is 8.12.